The summed E-state index contributed by atoms with van der Waals surface area (Å²) < 4.78 is 5.08. The zero-order valence-electron chi connectivity index (χ0n) is 14.7. The standard InChI is InChI=1S/C17H25N5O.HI/c1-5-18-17(20-11-16-21-14(4)22-23-16)19-10-13(3)15-8-6-12(2)7-9-15;/h6-9,13H,5,10-11H2,1-4H3,(H2,18,19,20);1H. The van der Waals surface area contributed by atoms with E-state index >= 15 is 0 Å². The van der Waals surface area contributed by atoms with Crippen molar-refractivity contribution in [3.8, 4) is 0 Å². The first-order valence-electron chi connectivity index (χ1n) is 7.96. The first-order chi connectivity index (χ1) is 11.1. The van der Waals surface area contributed by atoms with Crippen molar-refractivity contribution in [2.75, 3.05) is 13.1 Å². The number of hydrogen-bond acceptors (Lipinski definition) is 4. The van der Waals surface area contributed by atoms with Crippen molar-refractivity contribution in [1.82, 2.24) is 20.8 Å². The zero-order chi connectivity index (χ0) is 16.7. The Labute approximate surface area is 160 Å². The smallest absolute Gasteiger partial charge is 0.248 e. The van der Waals surface area contributed by atoms with Crippen molar-refractivity contribution in [2.45, 2.75) is 40.2 Å². The van der Waals surface area contributed by atoms with Gasteiger partial charge in [-0.1, -0.05) is 41.9 Å². The van der Waals surface area contributed by atoms with E-state index < -0.39 is 0 Å². The molecule has 1 atom stereocenters. The van der Waals surface area contributed by atoms with Gasteiger partial charge in [-0.25, -0.2) is 4.99 Å². The van der Waals surface area contributed by atoms with Crippen molar-refractivity contribution >= 4 is 29.9 Å². The van der Waals surface area contributed by atoms with Gasteiger partial charge in [0, 0.05) is 13.1 Å². The van der Waals surface area contributed by atoms with Crippen molar-refractivity contribution < 1.29 is 4.52 Å². The normalized spacial score (nSPS) is 12.4. The van der Waals surface area contributed by atoms with Crippen LogP contribution in [0.2, 0.25) is 0 Å². The van der Waals surface area contributed by atoms with Gasteiger partial charge in [0.05, 0.1) is 0 Å². The summed E-state index contributed by atoms with van der Waals surface area (Å²) in [5.41, 5.74) is 2.59. The number of hydrogen-bond donors (Lipinski definition) is 2. The molecule has 7 heteroatoms. The van der Waals surface area contributed by atoms with Gasteiger partial charge >= 0.3 is 0 Å². The second-order valence-electron chi connectivity index (χ2n) is 5.62. The van der Waals surface area contributed by atoms with Crippen molar-refractivity contribution in [3.63, 3.8) is 0 Å². The summed E-state index contributed by atoms with van der Waals surface area (Å²) in [5, 5.41) is 10.3. The predicted octanol–water partition coefficient (Wildman–Crippen LogP) is 3.16. The summed E-state index contributed by atoms with van der Waals surface area (Å²) in [6, 6.07) is 8.63. The Kier molecular flexibility index (Phi) is 8.73. The quantitative estimate of drug-likeness (QED) is 0.408. The summed E-state index contributed by atoms with van der Waals surface area (Å²) in [6.07, 6.45) is 0. The fourth-order valence-corrected chi connectivity index (χ4v) is 2.16. The van der Waals surface area contributed by atoms with Gasteiger partial charge in [0.25, 0.3) is 0 Å². The molecule has 2 rings (SSSR count). The number of rotatable bonds is 6. The molecular formula is C17H26IN5O. The third kappa shape index (κ3) is 6.46. The maximum atomic E-state index is 5.08. The van der Waals surface area contributed by atoms with E-state index in [1.807, 2.05) is 6.92 Å². The average Bonchev–Trinajstić information content (AvgIpc) is 2.96. The van der Waals surface area contributed by atoms with Crippen LogP contribution in [0.3, 0.4) is 0 Å². The molecule has 24 heavy (non-hydrogen) atoms. The van der Waals surface area contributed by atoms with Crippen LogP contribution in [0.25, 0.3) is 0 Å². The summed E-state index contributed by atoms with van der Waals surface area (Å²) in [4.78, 5) is 8.63. The van der Waals surface area contributed by atoms with E-state index in [4.69, 9.17) is 4.52 Å². The third-order valence-corrected chi connectivity index (χ3v) is 3.51. The highest BCUT2D eigenvalue weighted by Gasteiger charge is 2.07. The van der Waals surface area contributed by atoms with Crippen LogP contribution in [-0.4, -0.2) is 29.2 Å². The molecule has 0 fully saturated rings. The fourth-order valence-electron chi connectivity index (χ4n) is 2.16. The Bertz CT molecular complexity index is 639. The molecule has 0 saturated carbocycles. The molecular weight excluding hydrogens is 417 g/mol. The zero-order valence-corrected chi connectivity index (χ0v) is 17.0. The molecule has 0 bridgehead atoms. The molecule has 6 nitrogen and oxygen atoms in total. The lowest BCUT2D eigenvalue weighted by Crippen LogP contribution is -2.39. The minimum absolute atomic E-state index is 0. The van der Waals surface area contributed by atoms with Crippen LogP contribution in [0.4, 0.5) is 0 Å². The molecule has 1 aromatic heterocycles. The van der Waals surface area contributed by atoms with Crippen molar-refractivity contribution in [2.24, 2.45) is 4.99 Å². The van der Waals surface area contributed by atoms with Gasteiger partial charge in [-0.2, -0.15) is 4.98 Å². The van der Waals surface area contributed by atoms with Crippen molar-refractivity contribution in [3.05, 3.63) is 47.1 Å². The summed E-state index contributed by atoms with van der Waals surface area (Å²) in [6.45, 7) is 10.1. The maximum absolute atomic E-state index is 5.08. The number of halogens is 1. The van der Waals surface area contributed by atoms with Gasteiger partial charge in [0.15, 0.2) is 11.8 Å². The van der Waals surface area contributed by atoms with E-state index in [1.54, 1.807) is 6.92 Å². The molecule has 0 aliphatic heterocycles. The van der Waals surface area contributed by atoms with Crippen LogP contribution in [-0.2, 0) is 6.54 Å². The second kappa shape index (κ2) is 10.3. The van der Waals surface area contributed by atoms with E-state index in [0.717, 1.165) is 19.0 Å². The van der Waals surface area contributed by atoms with Crippen LogP contribution in [0.15, 0.2) is 33.8 Å². The molecule has 1 unspecified atom stereocenters. The average molecular weight is 443 g/mol. The van der Waals surface area contributed by atoms with Crippen LogP contribution >= 0.6 is 24.0 Å². The van der Waals surface area contributed by atoms with Crippen LogP contribution in [0, 0.1) is 13.8 Å². The first-order valence-corrected chi connectivity index (χ1v) is 7.96. The molecule has 0 saturated heterocycles. The first kappa shape index (κ1) is 20.4. The van der Waals surface area contributed by atoms with Gasteiger partial charge in [-0.05, 0) is 32.3 Å². The number of nitrogens with zero attached hydrogens (tertiary/aromatic N) is 3. The van der Waals surface area contributed by atoms with Gasteiger partial charge in [-0.15, -0.1) is 24.0 Å². The molecule has 0 spiro atoms. The Morgan fingerprint density at radius 2 is 1.92 bits per heavy atom. The minimum atomic E-state index is 0. The number of aliphatic imine (C=N–C) groups is 1. The maximum Gasteiger partial charge on any atom is 0.248 e. The molecule has 132 valence electrons. The fraction of sp³-hybridized carbons (Fsp3) is 0.471. The Hall–Kier alpha value is -1.64. The Balaban J connectivity index is 0.00000288. The monoisotopic (exact) mass is 443 g/mol. The Morgan fingerprint density at radius 3 is 2.50 bits per heavy atom. The molecule has 0 amide bonds. The molecule has 2 aromatic rings. The molecule has 1 heterocycles. The highest BCUT2D eigenvalue weighted by atomic mass is 127. The van der Waals surface area contributed by atoms with Gasteiger partial charge in [-0.3, -0.25) is 0 Å². The van der Waals surface area contributed by atoms with Gasteiger partial charge < -0.3 is 15.2 Å². The SMILES string of the molecule is CCNC(=NCc1nc(C)no1)NCC(C)c1ccc(C)cc1.I. The largest absolute Gasteiger partial charge is 0.357 e. The number of aromatic nitrogens is 2. The highest BCUT2D eigenvalue weighted by molar-refractivity contribution is 14.0. The number of guanidine groups is 1. The van der Waals surface area contributed by atoms with Gasteiger partial charge in [0.1, 0.15) is 6.54 Å². The summed E-state index contributed by atoms with van der Waals surface area (Å²) in [5.74, 6) is 2.29. The van der Waals surface area contributed by atoms with Gasteiger partial charge in [0.2, 0.25) is 5.89 Å². The highest BCUT2D eigenvalue weighted by Crippen LogP contribution is 2.14. The van der Waals surface area contributed by atoms with E-state index in [0.29, 0.717) is 24.2 Å². The van der Waals surface area contributed by atoms with Crippen molar-refractivity contribution in [1.29, 1.82) is 0 Å². The number of nitrogens with one attached hydrogen (secondary N) is 2. The summed E-state index contributed by atoms with van der Waals surface area (Å²) in [7, 11) is 0. The molecule has 0 radical (unpaired) electrons. The Morgan fingerprint density at radius 1 is 1.21 bits per heavy atom. The predicted molar refractivity (Wildman–Crippen MR) is 107 cm³/mol. The van der Waals surface area contributed by atoms with E-state index in [2.05, 4.69) is 63.9 Å². The third-order valence-electron chi connectivity index (χ3n) is 3.51. The molecule has 1 aromatic carbocycles. The van der Waals surface area contributed by atoms with E-state index in [1.165, 1.54) is 11.1 Å². The van der Waals surface area contributed by atoms with E-state index in [9.17, 15) is 0 Å². The molecule has 0 aliphatic carbocycles. The van der Waals surface area contributed by atoms with Crippen LogP contribution in [0.1, 0.15) is 42.6 Å². The van der Waals surface area contributed by atoms with E-state index in [-0.39, 0.29) is 24.0 Å². The summed E-state index contributed by atoms with van der Waals surface area (Å²) >= 11 is 0. The number of benzene rings is 1. The lowest BCUT2D eigenvalue weighted by Gasteiger charge is -2.16. The number of aryl methyl sites for hydroxylation is 2. The van der Waals surface area contributed by atoms with Crippen LogP contribution in [0.5, 0.6) is 0 Å². The lowest BCUT2D eigenvalue weighted by atomic mass is 10.0. The second-order valence-corrected chi connectivity index (χ2v) is 5.62. The van der Waals surface area contributed by atoms with Crippen LogP contribution < -0.4 is 10.6 Å². The topological polar surface area (TPSA) is 75.3 Å². The lowest BCUT2D eigenvalue weighted by molar-refractivity contribution is 0.376. The molecule has 2 N–H and O–H groups in total. The molecule has 0 aliphatic rings. The minimum Gasteiger partial charge on any atom is -0.357 e.